The van der Waals surface area contributed by atoms with E-state index in [9.17, 15) is 8.42 Å². The fourth-order valence-electron chi connectivity index (χ4n) is 3.88. The number of hydrogen-bond donors (Lipinski definition) is 0. The number of methoxy groups -OCH3 is 2. The first-order valence-electron chi connectivity index (χ1n) is 10.3. The van der Waals surface area contributed by atoms with Gasteiger partial charge in [0.2, 0.25) is 0 Å². The van der Waals surface area contributed by atoms with Gasteiger partial charge in [0, 0.05) is 12.0 Å². The van der Waals surface area contributed by atoms with Crippen LogP contribution < -0.4 is 9.47 Å². The van der Waals surface area contributed by atoms with E-state index < -0.39 is 16.1 Å². The molecule has 0 amide bonds. The second-order valence-corrected chi connectivity index (χ2v) is 9.55. The van der Waals surface area contributed by atoms with Crippen molar-refractivity contribution in [3.05, 3.63) is 89.0 Å². The fraction of sp³-hybridized carbons (Fsp3) is 0.240. The minimum Gasteiger partial charge on any atom is -0.493 e. The molecule has 0 radical (unpaired) electrons. The number of nitrogens with zero attached hydrogens (tertiary/aromatic N) is 2. The van der Waals surface area contributed by atoms with Crippen molar-refractivity contribution in [1.29, 1.82) is 0 Å². The molecule has 1 atom stereocenters. The van der Waals surface area contributed by atoms with Gasteiger partial charge in [-0.05, 0) is 49.2 Å². The van der Waals surface area contributed by atoms with Gasteiger partial charge in [-0.15, -0.1) is 0 Å². The molecule has 3 aromatic rings. The van der Waals surface area contributed by atoms with Crippen molar-refractivity contribution >= 4 is 15.7 Å². The van der Waals surface area contributed by atoms with Gasteiger partial charge in [-0.25, -0.2) is 0 Å². The van der Waals surface area contributed by atoms with Crippen LogP contribution in [0.1, 0.15) is 34.7 Å². The van der Waals surface area contributed by atoms with Crippen LogP contribution in [0.3, 0.4) is 0 Å². The second-order valence-electron chi connectivity index (χ2n) is 7.79. The van der Waals surface area contributed by atoms with E-state index in [1.165, 1.54) is 4.41 Å². The molecular weight excluding hydrogens is 424 g/mol. The Kier molecular flexibility index (Phi) is 5.93. The molecule has 4 rings (SSSR count). The molecule has 0 saturated carbocycles. The van der Waals surface area contributed by atoms with Crippen LogP contribution in [0.4, 0.5) is 0 Å². The highest BCUT2D eigenvalue weighted by molar-refractivity contribution is 7.89. The molecule has 3 aromatic carbocycles. The number of sulfonamides is 1. The second kappa shape index (κ2) is 8.67. The van der Waals surface area contributed by atoms with Gasteiger partial charge in [-0.1, -0.05) is 48.0 Å². The average Bonchev–Trinajstić information content (AvgIpc) is 3.25. The highest BCUT2D eigenvalue weighted by Crippen LogP contribution is 2.39. The maximum absolute atomic E-state index is 13.7. The molecule has 0 aliphatic carbocycles. The Labute approximate surface area is 189 Å². The molecule has 6 nitrogen and oxygen atoms in total. The van der Waals surface area contributed by atoms with E-state index in [0.29, 0.717) is 29.2 Å². The van der Waals surface area contributed by atoms with E-state index in [4.69, 9.17) is 9.47 Å². The Bertz CT molecular complexity index is 1270. The van der Waals surface area contributed by atoms with Crippen molar-refractivity contribution in [2.24, 2.45) is 5.10 Å². The van der Waals surface area contributed by atoms with Crippen LogP contribution in [-0.2, 0) is 10.0 Å². The van der Waals surface area contributed by atoms with Crippen LogP contribution in [0, 0.1) is 13.8 Å². The van der Waals surface area contributed by atoms with E-state index in [-0.39, 0.29) is 4.90 Å². The minimum atomic E-state index is -3.86. The summed E-state index contributed by atoms with van der Waals surface area (Å²) in [6.45, 7) is 3.80. The van der Waals surface area contributed by atoms with Gasteiger partial charge in [-0.2, -0.15) is 17.9 Å². The summed E-state index contributed by atoms with van der Waals surface area (Å²) >= 11 is 0. The Hall–Kier alpha value is -3.32. The molecule has 0 saturated heterocycles. The molecule has 0 fully saturated rings. The maximum atomic E-state index is 13.7. The highest BCUT2D eigenvalue weighted by atomic mass is 32.2. The number of aryl methyl sites for hydroxylation is 2. The predicted molar refractivity (Wildman–Crippen MR) is 125 cm³/mol. The lowest BCUT2D eigenvalue weighted by Crippen LogP contribution is -2.27. The SMILES string of the molecule is COc1ccc(C2=NN(S(=O)(=O)c3ccccc3C)C(c3ccc(C)cc3)C2)cc1OC. The Morgan fingerprint density at radius 3 is 2.25 bits per heavy atom. The van der Waals surface area contributed by atoms with Gasteiger partial charge in [0.15, 0.2) is 11.5 Å². The predicted octanol–water partition coefficient (Wildman–Crippen LogP) is 4.86. The summed E-state index contributed by atoms with van der Waals surface area (Å²) < 4.78 is 39.4. The van der Waals surface area contributed by atoms with E-state index in [1.54, 1.807) is 45.4 Å². The first kappa shape index (κ1) is 21.9. The first-order chi connectivity index (χ1) is 15.3. The Morgan fingerprint density at radius 1 is 0.906 bits per heavy atom. The third kappa shape index (κ3) is 3.96. The van der Waals surface area contributed by atoms with Crippen LogP contribution in [-0.4, -0.2) is 32.8 Å². The summed E-state index contributed by atoms with van der Waals surface area (Å²) in [7, 11) is -0.707. The third-order valence-electron chi connectivity index (χ3n) is 5.67. The summed E-state index contributed by atoms with van der Waals surface area (Å²) in [5.41, 5.74) is 4.16. The van der Waals surface area contributed by atoms with Crippen molar-refractivity contribution < 1.29 is 17.9 Å². The topological polar surface area (TPSA) is 68.2 Å². The molecule has 1 heterocycles. The standard InChI is InChI=1S/C25H26N2O4S/c1-17-9-11-19(12-10-17)22-16-21(20-13-14-23(30-3)24(15-20)31-4)26-27(22)32(28,29)25-8-6-5-7-18(25)2/h5-15,22H,16H2,1-4H3. The van der Waals surface area contributed by atoms with Crippen molar-refractivity contribution in [3.8, 4) is 11.5 Å². The number of hydrazone groups is 1. The van der Waals surface area contributed by atoms with Crippen LogP contribution >= 0.6 is 0 Å². The maximum Gasteiger partial charge on any atom is 0.279 e. The largest absolute Gasteiger partial charge is 0.493 e. The summed E-state index contributed by atoms with van der Waals surface area (Å²) in [4.78, 5) is 0.259. The number of ether oxygens (including phenoxy) is 2. The Balaban J connectivity index is 1.82. The van der Waals surface area contributed by atoms with Crippen molar-refractivity contribution in [1.82, 2.24) is 4.41 Å². The zero-order valence-corrected chi connectivity index (χ0v) is 19.4. The average molecular weight is 451 g/mol. The van der Waals surface area contributed by atoms with E-state index in [1.807, 2.05) is 49.4 Å². The summed E-state index contributed by atoms with van der Waals surface area (Å²) in [6.07, 6.45) is 0.448. The molecule has 1 aliphatic rings. The van der Waals surface area contributed by atoms with Crippen molar-refractivity contribution in [3.63, 3.8) is 0 Å². The third-order valence-corrected chi connectivity index (χ3v) is 7.51. The van der Waals surface area contributed by atoms with Crippen LogP contribution in [0.2, 0.25) is 0 Å². The Morgan fingerprint density at radius 2 is 1.59 bits per heavy atom. The lowest BCUT2D eigenvalue weighted by Gasteiger charge is -2.24. The molecule has 0 N–H and O–H groups in total. The number of benzene rings is 3. The molecule has 1 aliphatic heterocycles. The van der Waals surface area contributed by atoms with Crippen molar-refractivity contribution in [2.45, 2.75) is 31.2 Å². The van der Waals surface area contributed by atoms with Gasteiger partial charge in [-0.3, -0.25) is 0 Å². The van der Waals surface area contributed by atoms with Crippen molar-refractivity contribution in [2.75, 3.05) is 14.2 Å². The normalized spacial score (nSPS) is 16.1. The van der Waals surface area contributed by atoms with Crippen LogP contribution in [0.25, 0.3) is 0 Å². The van der Waals surface area contributed by atoms with Crippen LogP contribution in [0.15, 0.2) is 76.7 Å². The molecule has 0 spiro atoms. The minimum absolute atomic E-state index is 0.259. The number of rotatable bonds is 6. The fourth-order valence-corrected chi connectivity index (χ4v) is 5.55. The molecule has 7 heteroatoms. The van der Waals surface area contributed by atoms with E-state index in [0.717, 1.165) is 16.7 Å². The zero-order chi connectivity index (χ0) is 22.9. The van der Waals surface area contributed by atoms with Gasteiger partial charge in [0.1, 0.15) is 0 Å². The summed E-state index contributed by atoms with van der Waals surface area (Å²) in [6, 6.07) is 19.9. The molecule has 1 unspecified atom stereocenters. The summed E-state index contributed by atoms with van der Waals surface area (Å²) in [5, 5.41) is 4.62. The van der Waals surface area contributed by atoms with Gasteiger partial charge in [0.05, 0.1) is 30.9 Å². The smallest absolute Gasteiger partial charge is 0.279 e. The highest BCUT2D eigenvalue weighted by Gasteiger charge is 2.38. The van der Waals surface area contributed by atoms with Crippen LogP contribution in [0.5, 0.6) is 11.5 Å². The molecule has 166 valence electrons. The molecule has 0 bridgehead atoms. The summed E-state index contributed by atoms with van der Waals surface area (Å²) in [5.74, 6) is 1.18. The molecule has 0 aromatic heterocycles. The zero-order valence-electron chi connectivity index (χ0n) is 18.6. The monoisotopic (exact) mass is 450 g/mol. The van der Waals surface area contributed by atoms with E-state index in [2.05, 4.69) is 5.10 Å². The van der Waals surface area contributed by atoms with E-state index >= 15 is 0 Å². The van der Waals surface area contributed by atoms with Gasteiger partial charge in [0.25, 0.3) is 10.0 Å². The quantitative estimate of drug-likeness (QED) is 0.538. The lowest BCUT2D eigenvalue weighted by molar-refractivity contribution is 0.355. The molecule has 32 heavy (non-hydrogen) atoms. The molecular formula is C25H26N2O4S. The van der Waals surface area contributed by atoms with Gasteiger partial charge < -0.3 is 9.47 Å². The first-order valence-corrected chi connectivity index (χ1v) is 11.8. The number of hydrogen-bond acceptors (Lipinski definition) is 5. The lowest BCUT2D eigenvalue weighted by atomic mass is 9.98. The van der Waals surface area contributed by atoms with Gasteiger partial charge >= 0.3 is 0 Å².